The zero-order chi connectivity index (χ0) is 14.8. The normalized spacial score (nSPS) is 12.9. The van der Waals surface area contributed by atoms with Crippen LogP contribution in [0.5, 0.6) is 0 Å². The smallest absolute Gasteiger partial charge is 0.275 e. The summed E-state index contributed by atoms with van der Waals surface area (Å²) in [5.74, 6) is 0.331. The van der Waals surface area contributed by atoms with E-state index >= 15 is 0 Å². The summed E-state index contributed by atoms with van der Waals surface area (Å²) in [6.07, 6.45) is 5.03. The molecule has 2 heterocycles. The second-order valence-electron chi connectivity index (χ2n) is 4.72. The maximum Gasteiger partial charge on any atom is 0.275 e. The van der Waals surface area contributed by atoms with E-state index in [0.717, 1.165) is 5.69 Å². The van der Waals surface area contributed by atoms with Gasteiger partial charge in [0.2, 0.25) is 5.91 Å². The summed E-state index contributed by atoms with van der Waals surface area (Å²) in [7, 11) is 0. The zero-order valence-corrected chi connectivity index (χ0v) is 11.5. The van der Waals surface area contributed by atoms with Gasteiger partial charge in [-0.2, -0.15) is 0 Å². The monoisotopic (exact) mass is 282 g/mol. The molecule has 0 radical (unpaired) electrons. The first kappa shape index (κ1) is 13.1. The molecule has 0 aliphatic carbocycles. The molecule has 6 nitrogen and oxygen atoms in total. The molecule has 0 fully saturated rings. The van der Waals surface area contributed by atoms with Crippen molar-refractivity contribution in [2.75, 3.05) is 5.32 Å². The van der Waals surface area contributed by atoms with Gasteiger partial charge < -0.3 is 14.8 Å². The fraction of sp³-hybridized carbons (Fsp3) is 0.133. The predicted molar refractivity (Wildman–Crippen MR) is 78.2 cm³/mol. The molecule has 0 saturated carbocycles. The van der Waals surface area contributed by atoms with E-state index in [2.05, 4.69) is 10.3 Å². The van der Waals surface area contributed by atoms with Gasteiger partial charge in [0.15, 0.2) is 0 Å². The molecule has 0 saturated heterocycles. The van der Waals surface area contributed by atoms with Crippen molar-refractivity contribution in [1.29, 1.82) is 0 Å². The first-order chi connectivity index (χ1) is 10.1. The molecule has 0 atom stereocenters. The highest BCUT2D eigenvalue weighted by atomic mass is 16.2. The molecule has 1 aromatic carbocycles. The van der Waals surface area contributed by atoms with Crippen LogP contribution >= 0.6 is 0 Å². The molecule has 1 aliphatic heterocycles. The van der Waals surface area contributed by atoms with Crippen LogP contribution in [0.25, 0.3) is 6.08 Å². The molecule has 2 amide bonds. The van der Waals surface area contributed by atoms with Gasteiger partial charge in [-0.05, 0) is 18.2 Å². The Morgan fingerprint density at radius 3 is 2.71 bits per heavy atom. The van der Waals surface area contributed by atoms with E-state index in [0.29, 0.717) is 18.2 Å². The van der Waals surface area contributed by atoms with E-state index in [1.54, 1.807) is 27.9 Å². The van der Waals surface area contributed by atoms with Gasteiger partial charge in [-0.15, -0.1) is 0 Å². The van der Waals surface area contributed by atoms with E-state index in [-0.39, 0.29) is 11.8 Å². The van der Waals surface area contributed by atoms with Crippen molar-refractivity contribution in [3.05, 3.63) is 54.2 Å². The summed E-state index contributed by atoms with van der Waals surface area (Å²) in [5, 5.41) is 2.78. The van der Waals surface area contributed by atoms with Gasteiger partial charge >= 0.3 is 0 Å². The topological polar surface area (TPSA) is 67.2 Å². The molecule has 0 bridgehead atoms. The number of hydrogen-bond donors (Lipinski definition) is 1. The second kappa shape index (κ2) is 5.24. The lowest BCUT2D eigenvalue weighted by atomic mass is 10.3. The fourth-order valence-corrected chi connectivity index (χ4v) is 2.08. The summed E-state index contributed by atoms with van der Waals surface area (Å²) >= 11 is 0. The second-order valence-corrected chi connectivity index (χ2v) is 4.72. The molecule has 1 aliphatic rings. The lowest BCUT2D eigenvalue weighted by Gasteiger charge is -2.21. The van der Waals surface area contributed by atoms with Crippen LogP contribution in [0.3, 0.4) is 0 Å². The first-order valence-corrected chi connectivity index (χ1v) is 6.52. The summed E-state index contributed by atoms with van der Waals surface area (Å²) < 4.78 is 1.77. The van der Waals surface area contributed by atoms with Crippen molar-refractivity contribution in [3.8, 4) is 0 Å². The SMILES string of the molecule is CC(=O)N1C=Cc2nc(C(=O)Nc3ccccc3)cn2C1. The number of nitrogens with zero attached hydrogens (tertiary/aromatic N) is 3. The Kier molecular flexibility index (Phi) is 3.27. The summed E-state index contributed by atoms with van der Waals surface area (Å²) in [6.45, 7) is 1.86. The number of benzene rings is 1. The quantitative estimate of drug-likeness (QED) is 0.915. The number of nitrogens with one attached hydrogen (secondary N) is 1. The van der Waals surface area contributed by atoms with E-state index in [1.807, 2.05) is 30.3 Å². The number of aromatic nitrogens is 2. The molecule has 2 aromatic rings. The molecule has 0 spiro atoms. The summed E-state index contributed by atoms with van der Waals surface area (Å²) in [5.41, 5.74) is 1.04. The van der Waals surface area contributed by atoms with Crippen molar-refractivity contribution in [1.82, 2.24) is 14.5 Å². The molecule has 106 valence electrons. The molecule has 6 heteroatoms. The zero-order valence-electron chi connectivity index (χ0n) is 11.5. The van der Waals surface area contributed by atoms with Crippen LogP contribution < -0.4 is 5.32 Å². The van der Waals surface area contributed by atoms with Crippen LogP contribution in [-0.4, -0.2) is 26.3 Å². The Hall–Kier alpha value is -2.89. The van der Waals surface area contributed by atoms with Crippen LogP contribution in [-0.2, 0) is 11.5 Å². The third-order valence-corrected chi connectivity index (χ3v) is 3.18. The molecule has 3 rings (SSSR count). The van der Waals surface area contributed by atoms with Gasteiger partial charge in [-0.1, -0.05) is 18.2 Å². The highest BCUT2D eigenvalue weighted by Gasteiger charge is 2.18. The number of para-hydroxylation sites is 1. The van der Waals surface area contributed by atoms with Crippen molar-refractivity contribution in [2.24, 2.45) is 0 Å². The van der Waals surface area contributed by atoms with E-state index in [9.17, 15) is 9.59 Å². The number of anilines is 1. The van der Waals surface area contributed by atoms with Crippen LogP contribution in [0.15, 0.2) is 42.7 Å². The Balaban J connectivity index is 1.78. The lowest BCUT2D eigenvalue weighted by Crippen LogP contribution is -2.28. The molecular formula is C15H14N4O2. The van der Waals surface area contributed by atoms with Crippen LogP contribution in [0.4, 0.5) is 5.69 Å². The maximum absolute atomic E-state index is 12.2. The third-order valence-electron chi connectivity index (χ3n) is 3.18. The fourth-order valence-electron chi connectivity index (χ4n) is 2.08. The van der Waals surface area contributed by atoms with Gasteiger partial charge in [0.1, 0.15) is 18.2 Å². The van der Waals surface area contributed by atoms with Crippen molar-refractivity contribution in [3.63, 3.8) is 0 Å². The molecule has 1 aromatic heterocycles. The standard InChI is InChI=1S/C15H14N4O2/c1-11(20)18-8-7-14-17-13(9-19(14)10-18)15(21)16-12-5-3-2-4-6-12/h2-9H,10H2,1H3,(H,16,21). The number of imidazole rings is 1. The van der Waals surface area contributed by atoms with Crippen molar-refractivity contribution >= 4 is 23.6 Å². The minimum atomic E-state index is -0.272. The Bertz CT molecular complexity index is 719. The number of carbonyl (C=O) groups is 2. The molecule has 1 N–H and O–H groups in total. The van der Waals surface area contributed by atoms with E-state index < -0.39 is 0 Å². The summed E-state index contributed by atoms with van der Waals surface area (Å²) in [6, 6.07) is 9.20. The number of hydrogen-bond acceptors (Lipinski definition) is 3. The maximum atomic E-state index is 12.2. The first-order valence-electron chi connectivity index (χ1n) is 6.52. The minimum Gasteiger partial charge on any atom is -0.321 e. The number of amides is 2. The average Bonchev–Trinajstić information content (AvgIpc) is 2.91. The number of rotatable bonds is 2. The molecule has 0 unspecified atom stereocenters. The van der Waals surface area contributed by atoms with E-state index in [4.69, 9.17) is 0 Å². The molecule has 21 heavy (non-hydrogen) atoms. The van der Waals surface area contributed by atoms with Crippen LogP contribution in [0.2, 0.25) is 0 Å². The lowest BCUT2D eigenvalue weighted by molar-refractivity contribution is -0.127. The van der Waals surface area contributed by atoms with Gasteiger partial charge in [-0.3, -0.25) is 9.59 Å². The van der Waals surface area contributed by atoms with Gasteiger partial charge in [0.05, 0.1) is 0 Å². The average molecular weight is 282 g/mol. The largest absolute Gasteiger partial charge is 0.321 e. The highest BCUT2D eigenvalue weighted by Crippen LogP contribution is 2.15. The predicted octanol–water partition coefficient (Wildman–Crippen LogP) is 1.93. The third kappa shape index (κ3) is 2.69. The highest BCUT2D eigenvalue weighted by molar-refractivity contribution is 6.02. The number of fused-ring (bicyclic) bond motifs is 1. The van der Waals surface area contributed by atoms with E-state index in [1.165, 1.54) is 6.92 Å². The van der Waals surface area contributed by atoms with Crippen LogP contribution in [0.1, 0.15) is 23.2 Å². The number of carbonyl (C=O) groups excluding carboxylic acids is 2. The van der Waals surface area contributed by atoms with Crippen LogP contribution in [0, 0.1) is 0 Å². The van der Waals surface area contributed by atoms with Gasteiger partial charge in [0, 0.05) is 25.0 Å². The van der Waals surface area contributed by atoms with Crippen molar-refractivity contribution in [2.45, 2.75) is 13.6 Å². The van der Waals surface area contributed by atoms with Crippen molar-refractivity contribution < 1.29 is 9.59 Å². The Morgan fingerprint density at radius 2 is 2.00 bits per heavy atom. The Labute approximate surface area is 121 Å². The minimum absolute atomic E-state index is 0.0547. The van der Waals surface area contributed by atoms with Gasteiger partial charge in [-0.25, -0.2) is 4.98 Å². The molecular weight excluding hydrogens is 268 g/mol. The van der Waals surface area contributed by atoms with Gasteiger partial charge in [0.25, 0.3) is 5.91 Å². The Morgan fingerprint density at radius 1 is 1.24 bits per heavy atom. The summed E-state index contributed by atoms with van der Waals surface area (Å²) in [4.78, 5) is 29.3.